The average Bonchev–Trinajstić information content (AvgIpc) is 2.66. The zero-order valence-corrected chi connectivity index (χ0v) is 12.7. The molecule has 2 heterocycles. The van der Waals surface area contributed by atoms with E-state index in [1.807, 2.05) is 11.9 Å². The lowest BCUT2D eigenvalue weighted by Gasteiger charge is -2.41. The Hall–Kier alpha value is -1.39. The van der Waals surface area contributed by atoms with Gasteiger partial charge in [-0.25, -0.2) is 0 Å². The second-order valence-corrected chi connectivity index (χ2v) is 6.17. The van der Waals surface area contributed by atoms with Gasteiger partial charge in [0, 0.05) is 32.1 Å². The average molecular weight is 288 g/mol. The summed E-state index contributed by atoms with van der Waals surface area (Å²) in [6.07, 6.45) is 2.20. The van der Waals surface area contributed by atoms with Gasteiger partial charge >= 0.3 is 0 Å². The number of benzene rings is 1. The van der Waals surface area contributed by atoms with Gasteiger partial charge in [0.2, 0.25) is 5.91 Å². The number of carbonyl (C=O) groups is 1. The molecule has 1 aromatic rings. The first-order valence-corrected chi connectivity index (χ1v) is 7.84. The highest BCUT2D eigenvalue weighted by Gasteiger charge is 2.36. The molecule has 0 radical (unpaired) electrons. The van der Waals surface area contributed by atoms with Crippen LogP contribution < -0.4 is 0 Å². The van der Waals surface area contributed by atoms with Crippen LogP contribution in [0.5, 0.6) is 0 Å². The van der Waals surface area contributed by atoms with Crippen LogP contribution in [0.3, 0.4) is 0 Å². The molecule has 2 aliphatic rings. The molecule has 2 aliphatic heterocycles. The summed E-state index contributed by atoms with van der Waals surface area (Å²) in [5, 5.41) is 0. The highest BCUT2D eigenvalue weighted by atomic mass is 16.5. The normalized spacial score (nSPS) is 27.3. The van der Waals surface area contributed by atoms with Crippen LogP contribution >= 0.6 is 0 Å². The smallest absolute Gasteiger partial charge is 0.248 e. The molecule has 0 aromatic heterocycles. The molecule has 0 N–H and O–H groups in total. The van der Waals surface area contributed by atoms with E-state index in [4.69, 9.17) is 4.74 Å². The molecule has 0 bridgehead atoms. The van der Waals surface area contributed by atoms with Gasteiger partial charge in [0.05, 0.1) is 6.61 Å². The first-order valence-electron chi connectivity index (χ1n) is 7.84. The number of hydrogen-bond donors (Lipinski definition) is 0. The molecule has 0 aliphatic carbocycles. The van der Waals surface area contributed by atoms with Crippen molar-refractivity contribution in [3.8, 4) is 0 Å². The van der Waals surface area contributed by atoms with Gasteiger partial charge in [-0.2, -0.15) is 0 Å². The van der Waals surface area contributed by atoms with E-state index in [0.717, 1.165) is 39.1 Å². The lowest BCUT2D eigenvalue weighted by atomic mass is 9.91. The number of likely N-dealkylation sites (N-methyl/N-ethyl adjacent to an activating group) is 1. The Bertz CT molecular complexity index is 477. The van der Waals surface area contributed by atoms with Gasteiger partial charge in [-0.3, -0.25) is 4.79 Å². The molecular weight excluding hydrogens is 264 g/mol. The fourth-order valence-electron chi connectivity index (χ4n) is 3.40. The van der Waals surface area contributed by atoms with Crippen LogP contribution in [0.4, 0.5) is 0 Å². The predicted molar refractivity (Wildman–Crippen MR) is 82.1 cm³/mol. The molecule has 0 unspecified atom stereocenters. The lowest BCUT2D eigenvalue weighted by molar-refractivity contribution is -0.134. The minimum absolute atomic E-state index is 0.118. The largest absolute Gasteiger partial charge is 0.371 e. The van der Waals surface area contributed by atoms with Crippen molar-refractivity contribution in [2.75, 3.05) is 39.9 Å². The van der Waals surface area contributed by atoms with Crippen LogP contribution in [0, 0.1) is 5.92 Å². The van der Waals surface area contributed by atoms with Gasteiger partial charge in [0.25, 0.3) is 0 Å². The van der Waals surface area contributed by atoms with E-state index in [1.165, 1.54) is 5.56 Å². The summed E-state index contributed by atoms with van der Waals surface area (Å²) in [6, 6.07) is 10.9. The number of carbonyl (C=O) groups excluding carboxylic acids is 1. The van der Waals surface area contributed by atoms with Crippen molar-refractivity contribution in [2.24, 2.45) is 5.92 Å². The molecule has 2 atom stereocenters. The van der Waals surface area contributed by atoms with Crippen molar-refractivity contribution >= 4 is 5.91 Å². The van der Waals surface area contributed by atoms with Crippen molar-refractivity contribution in [3.05, 3.63) is 35.9 Å². The van der Waals surface area contributed by atoms with E-state index in [2.05, 4.69) is 35.2 Å². The van der Waals surface area contributed by atoms with E-state index < -0.39 is 0 Å². The van der Waals surface area contributed by atoms with Gasteiger partial charge in [0.15, 0.2) is 0 Å². The Kier molecular flexibility index (Phi) is 4.56. The van der Waals surface area contributed by atoms with E-state index in [-0.39, 0.29) is 12.5 Å². The van der Waals surface area contributed by atoms with E-state index >= 15 is 0 Å². The van der Waals surface area contributed by atoms with Gasteiger partial charge in [0.1, 0.15) is 6.61 Å². The van der Waals surface area contributed by atoms with Crippen LogP contribution in [-0.4, -0.2) is 61.6 Å². The van der Waals surface area contributed by atoms with E-state index in [1.54, 1.807) is 0 Å². The maximum atomic E-state index is 11.9. The molecule has 21 heavy (non-hydrogen) atoms. The Morgan fingerprint density at radius 3 is 2.90 bits per heavy atom. The Morgan fingerprint density at radius 1 is 1.29 bits per heavy atom. The van der Waals surface area contributed by atoms with Gasteiger partial charge in [-0.15, -0.1) is 0 Å². The molecule has 0 saturated carbocycles. The summed E-state index contributed by atoms with van der Waals surface area (Å²) in [5.41, 5.74) is 1.38. The third kappa shape index (κ3) is 3.44. The maximum Gasteiger partial charge on any atom is 0.248 e. The summed E-state index contributed by atoms with van der Waals surface area (Å²) in [4.78, 5) is 16.3. The minimum atomic E-state index is 0.118. The molecule has 1 aromatic carbocycles. The summed E-state index contributed by atoms with van der Waals surface area (Å²) in [7, 11) is 1.93. The number of fused-ring (bicyclic) bond motifs is 1. The fourth-order valence-corrected chi connectivity index (χ4v) is 3.40. The van der Waals surface area contributed by atoms with Crippen LogP contribution in [-0.2, 0) is 16.0 Å². The quantitative estimate of drug-likeness (QED) is 0.843. The predicted octanol–water partition coefficient (Wildman–Crippen LogP) is 1.41. The monoisotopic (exact) mass is 288 g/mol. The summed E-state index contributed by atoms with van der Waals surface area (Å²) >= 11 is 0. The molecule has 114 valence electrons. The zero-order chi connectivity index (χ0) is 14.7. The zero-order valence-electron chi connectivity index (χ0n) is 12.7. The SMILES string of the molecule is CN1C(=O)COC[C@@H]2CCN(CCc3ccccc3)C[C@@H]21. The van der Waals surface area contributed by atoms with Gasteiger partial charge < -0.3 is 14.5 Å². The van der Waals surface area contributed by atoms with Crippen molar-refractivity contribution in [1.82, 2.24) is 9.80 Å². The first kappa shape index (κ1) is 14.5. The van der Waals surface area contributed by atoms with Crippen molar-refractivity contribution < 1.29 is 9.53 Å². The third-order valence-corrected chi connectivity index (χ3v) is 4.81. The highest BCUT2D eigenvalue weighted by molar-refractivity contribution is 5.77. The number of ether oxygens (including phenoxy) is 1. The van der Waals surface area contributed by atoms with E-state index in [9.17, 15) is 4.79 Å². The standard InChI is InChI=1S/C17H24N2O2/c1-18-16-11-19(9-7-14-5-3-2-4-6-14)10-8-15(16)12-21-13-17(18)20/h2-6,15-16H,7-13H2,1H3/t15-,16-/m0/s1. The minimum Gasteiger partial charge on any atom is -0.371 e. The number of rotatable bonds is 3. The lowest BCUT2D eigenvalue weighted by Crippen LogP contribution is -2.53. The summed E-state index contributed by atoms with van der Waals surface area (Å²) < 4.78 is 5.50. The fraction of sp³-hybridized carbons (Fsp3) is 0.588. The van der Waals surface area contributed by atoms with Crippen LogP contribution in [0.25, 0.3) is 0 Å². The Morgan fingerprint density at radius 2 is 2.10 bits per heavy atom. The molecule has 3 rings (SSSR count). The number of nitrogens with zero attached hydrogens (tertiary/aromatic N) is 2. The number of piperidine rings is 1. The first-order chi connectivity index (χ1) is 10.2. The van der Waals surface area contributed by atoms with Crippen molar-refractivity contribution in [2.45, 2.75) is 18.9 Å². The summed E-state index contributed by atoms with van der Waals surface area (Å²) in [6.45, 7) is 4.12. The molecule has 4 nitrogen and oxygen atoms in total. The van der Waals surface area contributed by atoms with E-state index in [0.29, 0.717) is 12.0 Å². The highest BCUT2D eigenvalue weighted by Crippen LogP contribution is 2.24. The maximum absolute atomic E-state index is 11.9. The number of amides is 1. The summed E-state index contributed by atoms with van der Waals surface area (Å²) in [5.74, 6) is 0.613. The molecular formula is C17H24N2O2. The Labute approximate surface area is 126 Å². The molecule has 2 saturated heterocycles. The van der Waals surface area contributed by atoms with Crippen molar-refractivity contribution in [3.63, 3.8) is 0 Å². The Balaban J connectivity index is 1.58. The topological polar surface area (TPSA) is 32.8 Å². The molecule has 1 amide bonds. The number of hydrogen-bond acceptors (Lipinski definition) is 3. The second-order valence-electron chi connectivity index (χ2n) is 6.17. The van der Waals surface area contributed by atoms with Gasteiger partial charge in [-0.1, -0.05) is 30.3 Å². The van der Waals surface area contributed by atoms with Crippen LogP contribution in [0.15, 0.2) is 30.3 Å². The molecule has 2 fully saturated rings. The third-order valence-electron chi connectivity index (χ3n) is 4.81. The van der Waals surface area contributed by atoms with Gasteiger partial charge in [-0.05, 0) is 24.9 Å². The molecule has 0 spiro atoms. The van der Waals surface area contributed by atoms with Crippen LogP contribution in [0.1, 0.15) is 12.0 Å². The second kappa shape index (κ2) is 6.58. The molecule has 4 heteroatoms. The number of likely N-dealkylation sites (tertiary alicyclic amines) is 1. The van der Waals surface area contributed by atoms with Crippen molar-refractivity contribution in [1.29, 1.82) is 0 Å². The van der Waals surface area contributed by atoms with Crippen LogP contribution in [0.2, 0.25) is 0 Å².